The summed E-state index contributed by atoms with van der Waals surface area (Å²) in [6.45, 7) is 2.98. The van der Waals surface area contributed by atoms with Gasteiger partial charge in [0.1, 0.15) is 6.04 Å². The molecule has 1 heterocycles. The SMILES string of the molecule is CC(=O)NC(CNC1(C)CCS(=O)(=O)C1)C(=O)O. The van der Waals surface area contributed by atoms with Gasteiger partial charge >= 0.3 is 5.97 Å². The molecule has 0 radical (unpaired) electrons. The summed E-state index contributed by atoms with van der Waals surface area (Å²) in [7, 11) is -3.04. The van der Waals surface area contributed by atoms with Crippen LogP contribution in [0.5, 0.6) is 0 Å². The van der Waals surface area contributed by atoms with E-state index in [-0.39, 0.29) is 18.1 Å². The second-order valence-electron chi connectivity index (χ2n) is 4.87. The molecule has 18 heavy (non-hydrogen) atoms. The Labute approximate surface area is 106 Å². The average Bonchev–Trinajstić information content (AvgIpc) is 2.47. The van der Waals surface area contributed by atoms with Crippen LogP contribution < -0.4 is 10.6 Å². The summed E-state index contributed by atoms with van der Waals surface area (Å²) in [5.41, 5.74) is -0.620. The monoisotopic (exact) mass is 278 g/mol. The normalized spacial score (nSPS) is 27.7. The van der Waals surface area contributed by atoms with E-state index >= 15 is 0 Å². The summed E-state index contributed by atoms with van der Waals surface area (Å²) in [6.07, 6.45) is 0.446. The van der Waals surface area contributed by atoms with Crippen LogP contribution in [-0.4, -0.2) is 55.0 Å². The lowest BCUT2D eigenvalue weighted by Gasteiger charge is -2.26. The summed E-state index contributed by atoms with van der Waals surface area (Å²) in [5.74, 6) is -1.49. The fourth-order valence-corrected chi connectivity index (χ4v) is 4.07. The second kappa shape index (κ2) is 5.23. The van der Waals surface area contributed by atoms with Gasteiger partial charge in [0.2, 0.25) is 5.91 Å². The summed E-state index contributed by atoms with van der Waals surface area (Å²) in [6, 6.07) is -1.05. The standard InChI is InChI=1S/C10H18N2O5S/c1-7(13)12-8(9(14)15)5-11-10(2)3-4-18(16,17)6-10/h8,11H,3-6H2,1-2H3,(H,12,13)(H,14,15). The Kier molecular flexibility index (Phi) is 4.33. The number of hydrogen-bond acceptors (Lipinski definition) is 5. The molecule has 2 unspecified atom stereocenters. The zero-order valence-corrected chi connectivity index (χ0v) is 11.2. The number of sulfone groups is 1. The molecule has 1 rings (SSSR count). The van der Waals surface area contributed by atoms with E-state index in [1.807, 2.05) is 0 Å². The third-order valence-electron chi connectivity index (χ3n) is 2.91. The minimum absolute atomic E-state index is 0.000926. The van der Waals surface area contributed by atoms with Crippen LogP contribution >= 0.6 is 0 Å². The molecular formula is C10H18N2O5S. The van der Waals surface area contributed by atoms with E-state index in [4.69, 9.17) is 5.11 Å². The first-order valence-electron chi connectivity index (χ1n) is 5.59. The summed E-state index contributed by atoms with van der Waals surface area (Å²) in [4.78, 5) is 21.7. The molecule has 8 heteroatoms. The van der Waals surface area contributed by atoms with E-state index in [0.717, 1.165) is 0 Å². The molecule has 3 N–H and O–H groups in total. The van der Waals surface area contributed by atoms with Gasteiger partial charge in [-0.1, -0.05) is 0 Å². The molecule has 1 fully saturated rings. The lowest BCUT2D eigenvalue weighted by Crippen LogP contribution is -2.53. The molecule has 1 aliphatic rings. The number of hydrogen-bond donors (Lipinski definition) is 3. The van der Waals surface area contributed by atoms with E-state index in [0.29, 0.717) is 6.42 Å². The maximum Gasteiger partial charge on any atom is 0.327 e. The minimum atomic E-state index is -3.04. The molecule has 0 aromatic rings. The maximum absolute atomic E-state index is 11.4. The first-order valence-corrected chi connectivity index (χ1v) is 7.41. The van der Waals surface area contributed by atoms with Gasteiger partial charge in [-0.3, -0.25) is 4.79 Å². The van der Waals surface area contributed by atoms with Gasteiger partial charge < -0.3 is 15.7 Å². The van der Waals surface area contributed by atoms with Gasteiger partial charge in [0.25, 0.3) is 0 Å². The molecule has 2 atom stereocenters. The fraction of sp³-hybridized carbons (Fsp3) is 0.800. The van der Waals surface area contributed by atoms with Crippen LogP contribution in [0.1, 0.15) is 20.3 Å². The van der Waals surface area contributed by atoms with Crippen molar-refractivity contribution in [1.29, 1.82) is 0 Å². The smallest absolute Gasteiger partial charge is 0.327 e. The van der Waals surface area contributed by atoms with Crippen molar-refractivity contribution in [2.75, 3.05) is 18.1 Å². The lowest BCUT2D eigenvalue weighted by molar-refractivity contribution is -0.141. The van der Waals surface area contributed by atoms with Crippen molar-refractivity contribution >= 4 is 21.7 Å². The highest BCUT2D eigenvalue weighted by Gasteiger charge is 2.38. The van der Waals surface area contributed by atoms with Crippen molar-refractivity contribution in [3.05, 3.63) is 0 Å². The van der Waals surface area contributed by atoms with Crippen LogP contribution in [0.25, 0.3) is 0 Å². The van der Waals surface area contributed by atoms with Gasteiger partial charge in [-0.15, -0.1) is 0 Å². The number of aliphatic carboxylic acids is 1. The molecule has 0 aliphatic carbocycles. The van der Waals surface area contributed by atoms with Gasteiger partial charge in [-0.2, -0.15) is 0 Å². The Morgan fingerprint density at radius 1 is 1.44 bits per heavy atom. The van der Waals surface area contributed by atoms with E-state index in [2.05, 4.69) is 10.6 Å². The summed E-state index contributed by atoms with van der Waals surface area (Å²) in [5, 5.41) is 14.1. The Balaban J connectivity index is 2.57. The Bertz CT molecular complexity index is 447. The zero-order valence-electron chi connectivity index (χ0n) is 10.4. The van der Waals surface area contributed by atoms with Crippen LogP contribution in [0.15, 0.2) is 0 Å². The third-order valence-corrected chi connectivity index (χ3v) is 4.81. The Morgan fingerprint density at radius 3 is 2.44 bits per heavy atom. The Hall–Kier alpha value is -1.15. The molecule has 1 aliphatic heterocycles. The highest BCUT2D eigenvalue weighted by Crippen LogP contribution is 2.22. The van der Waals surface area contributed by atoms with E-state index < -0.39 is 33.3 Å². The first kappa shape index (κ1) is 14.9. The molecule has 104 valence electrons. The fourth-order valence-electron chi connectivity index (χ4n) is 1.94. The van der Waals surface area contributed by atoms with Gasteiger partial charge in [0.05, 0.1) is 11.5 Å². The van der Waals surface area contributed by atoms with E-state index in [1.54, 1.807) is 6.92 Å². The lowest BCUT2D eigenvalue weighted by atomic mass is 10.0. The highest BCUT2D eigenvalue weighted by molar-refractivity contribution is 7.91. The van der Waals surface area contributed by atoms with Crippen LogP contribution in [0.4, 0.5) is 0 Å². The zero-order chi connectivity index (χ0) is 14.0. The van der Waals surface area contributed by atoms with Crippen molar-refractivity contribution in [3.8, 4) is 0 Å². The van der Waals surface area contributed by atoms with Crippen molar-refractivity contribution in [1.82, 2.24) is 10.6 Å². The quantitative estimate of drug-likeness (QED) is 0.579. The summed E-state index contributed by atoms with van der Waals surface area (Å²) >= 11 is 0. The maximum atomic E-state index is 11.4. The van der Waals surface area contributed by atoms with Gasteiger partial charge in [-0.05, 0) is 13.3 Å². The van der Waals surface area contributed by atoms with Gasteiger partial charge in [0.15, 0.2) is 9.84 Å². The van der Waals surface area contributed by atoms with Crippen molar-refractivity contribution in [2.45, 2.75) is 31.8 Å². The first-order chi connectivity index (χ1) is 8.14. The molecule has 0 bridgehead atoms. The topological polar surface area (TPSA) is 113 Å². The van der Waals surface area contributed by atoms with Crippen LogP contribution in [0.3, 0.4) is 0 Å². The summed E-state index contributed by atoms with van der Waals surface area (Å²) < 4.78 is 22.8. The number of carboxylic acid groups (broad SMARTS) is 1. The van der Waals surface area contributed by atoms with E-state index in [1.165, 1.54) is 6.92 Å². The van der Waals surface area contributed by atoms with Crippen molar-refractivity contribution in [2.24, 2.45) is 0 Å². The molecule has 0 saturated carbocycles. The predicted molar refractivity (Wildman–Crippen MR) is 64.9 cm³/mol. The third kappa shape index (κ3) is 4.26. The van der Waals surface area contributed by atoms with Crippen LogP contribution in [0, 0.1) is 0 Å². The van der Waals surface area contributed by atoms with Crippen LogP contribution in [0.2, 0.25) is 0 Å². The number of amides is 1. The van der Waals surface area contributed by atoms with Gasteiger partial charge in [0, 0.05) is 19.0 Å². The van der Waals surface area contributed by atoms with Gasteiger partial charge in [-0.25, -0.2) is 13.2 Å². The Morgan fingerprint density at radius 2 is 2.06 bits per heavy atom. The minimum Gasteiger partial charge on any atom is -0.480 e. The van der Waals surface area contributed by atoms with Crippen molar-refractivity contribution < 1.29 is 23.1 Å². The number of carboxylic acids is 1. The molecule has 1 amide bonds. The number of rotatable bonds is 5. The molecular weight excluding hydrogens is 260 g/mol. The second-order valence-corrected chi connectivity index (χ2v) is 7.06. The molecule has 1 saturated heterocycles. The molecule has 0 aromatic heterocycles. The molecule has 7 nitrogen and oxygen atoms in total. The average molecular weight is 278 g/mol. The molecule has 0 spiro atoms. The number of carbonyl (C=O) groups is 2. The van der Waals surface area contributed by atoms with E-state index in [9.17, 15) is 18.0 Å². The highest BCUT2D eigenvalue weighted by atomic mass is 32.2. The van der Waals surface area contributed by atoms with Crippen molar-refractivity contribution in [3.63, 3.8) is 0 Å². The van der Waals surface area contributed by atoms with Crippen LogP contribution in [-0.2, 0) is 19.4 Å². The predicted octanol–water partition coefficient (Wildman–Crippen LogP) is -1.26. The number of nitrogens with one attached hydrogen (secondary N) is 2. The molecule has 0 aromatic carbocycles. The number of carbonyl (C=O) groups excluding carboxylic acids is 1. The largest absolute Gasteiger partial charge is 0.480 e.